The molecule has 3 rings (SSSR count). The van der Waals surface area contributed by atoms with Gasteiger partial charge in [0.25, 0.3) is 0 Å². The lowest BCUT2D eigenvalue weighted by molar-refractivity contribution is -0.122. The predicted octanol–water partition coefficient (Wildman–Crippen LogP) is 4.61. The SMILES string of the molecule is CCOC(=O)c1sc(-c2ccc(Cl)cc2)cc1NC(=O)C1CCOCC1. The monoisotopic (exact) mass is 393 g/mol. The van der Waals surface area contributed by atoms with Gasteiger partial charge in [-0.3, -0.25) is 4.79 Å². The Kier molecular flexibility index (Phi) is 6.29. The van der Waals surface area contributed by atoms with Gasteiger partial charge in [-0.05, 0) is 43.5 Å². The number of hydrogen-bond donors (Lipinski definition) is 1. The number of halogens is 1. The Morgan fingerprint density at radius 2 is 1.96 bits per heavy atom. The molecule has 1 fully saturated rings. The Labute approximate surface area is 161 Å². The van der Waals surface area contributed by atoms with Crippen LogP contribution in [0.2, 0.25) is 5.02 Å². The second kappa shape index (κ2) is 8.66. The number of esters is 1. The van der Waals surface area contributed by atoms with Gasteiger partial charge in [-0.15, -0.1) is 11.3 Å². The second-order valence-electron chi connectivity index (χ2n) is 5.96. The van der Waals surface area contributed by atoms with Crippen LogP contribution in [0.25, 0.3) is 10.4 Å². The highest BCUT2D eigenvalue weighted by Gasteiger charge is 2.25. The number of ether oxygens (including phenoxy) is 2. The van der Waals surface area contributed by atoms with Crippen LogP contribution in [0.1, 0.15) is 29.4 Å². The number of rotatable bonds is 5. The summed E-state index contributed by atoms with van der Waals surface area (Å²) in [6.07, 6.45) is 1.38. The maximum Gasteiger partial charge on any atom is 0.350 e. The number of anilines is 1. The second-order valence-corrected chi connectivity index (χ2v) is 7.45. The van der Waals surface area contributed by atoms with Gasteiger partial charge in [-0.25, -0.2) is 4.79 Å². The molecule has 0 atom stereocenters. The van der Waals surface area contributed by atoms with Gasteiger partial charge in [0.15, 0.2) is 0 Å². The summed E-state index contributed by atoms with van der Waals surface area (Å²) in [5, 5.41) is 3.55. The van der Waals surface area contributed by atoms with Crippen molar-refractivity contribution in [2.45, 2.75) is 19.8 Å². The molecule has 1 aromatic heterocycles. The Hall–Kier alpha value is -1.89. The van der Waals surface area contributed by atoms with E-state index >= 15 is 0 Å². The molecular formula is C19H20ClNO4S. The van der Waals surface area contributed by atoms with Crippen molar-refractivity contribution in [1.29, 1.82) is 0 Å². The molecule has 26 heavy (non-hydrogen) atoms. The van der Waals surface area contributed by atoms with Gasteiger partial charge in [0.05, 0.1) is 12.3 Å². The molecule has 1 aliphatic heterocycles. The average molecular weight is 394 g/mol. The third kappa shape index (κ3) is 4.44. The Bertz CT molecular complexity index is 781. The van der Waals surface area contributed by atoms with E-state index in [4.69, 9.17) is 21.1 Å². The minimum atomic E-state index is -0.431. The molecule has 0 saturated carbocycles. The molecule has 5 nitrogen and oxygen atoms in total. The van der Waals surface area contributed by atoms with Crippen LogP contribution in [-0.2, 0) is 14.3 Å². The smallest absolute Gasteiger partial charge is 0.350 e. The summed E-state index contributed by atoms with van der Waals surface area (Å²) in [7, 11) is 0. The maximum atomic E-state index is 12.6. The normalized spacial score (nSPS) is 14.8. The molecule has 0 radical (unpaired) electrons. The van der Waals surface area contributed by atoms with Crippen molar-refractivity contribution >= 4 is 40.5 Å². The lowest BCUT2D eigenvalue weighted by Crippen LogP contribution is -2.28. The van der Waals surface area contributed by atoms with E-state index in [0.29, 0.717) is 41.6 Å². The molecule has 0 unspecified atom stereocenters. The first-order valence-corrected chi connectivity index (χ1v) is 9.73. The molecule has 1 aliphatic rings. The van der Waals surface area contributed by atoms with Crippen LogP contribution in [0.15, 0.2) is 30.3 Å². The molecule has 0 aliphatic carbocycles. The third-order valence-corrected chi connectivity index (χ3v) is 5.59. The topological polar surface area (TPSA) is 64.6 Å². The highest BCUT2D eigenvalue weighted by atomic mass is 35.5. The van der Waals surface area contributed by atoms with Crippen LogP contribution in [0.3, 0.4) is 0 Å². The molecule has 138 valence electrons. The highest BCUT2D eigenvalue weighted by Crippen LogP contribution is 2.36. The molecule has 0 bridgehead atoms. The third-order valence-electron chi connectivity index (χ3n) is 4.17. The minimum Gasteiger partial charge on any atom is -0.462 e. The number of nitrogens with one attached hydrogen (secondary N) is 1. The first-order valence-electron chi connectivity index (χ1n) is 8.54. The summed E-state index contributed by atoms with van der Waals surface area (Å²) in [4.78, 5) is 26.1. The van der Waals surface area contributed by atoms with Gasteiger partial charge < -0.3 is 14.8 Å². The van der Waals surface area contributed by atoms with Gasteiger partial charge in [0.2, 0.25) is 5.91 Å². The van der Waals surface area contributed by atoms with Gasteiger partial charge in [-0.1, -0.05) is 23.7 Å². The van der Waals surface area contributed by atoms with Crippen molar-refractivity contribution < 1.29 is 19.1 Å². The Morgan fingerprint density at radius 3 is 2.62 bits per heavy atom. The van der Waals surface area contributed by atoms with Crippen LogP contribution in [0, 0.1) is 5.92 Å². The zero-order valence-corrected chi connectivity index (χ0v) is 16.0. The first kappa shape index (κ1) is 18.9. The largest absolute Gasteiger partial charge is 0.462 e. The molecule has 0 spiro atoms. The molecule has 1 amide bonds. The van der Waals surface area contributed by atoms with E-state index in [1.54, 1.807) is 19.1 Å². The summed E-state index contributed by atoms with van der Waals surface area (Å²) in [6.45, 7) is 3.21. The van der Waals surface area contributed by atoms with Crippen molar-refractivity contribution in [2.75, 3.05) is 25.1 Å². The summed E-state index contributed by atoms with van der Waals surface area (Å²) in [5.41, 5.74) is 1.42. The first-order chi connectivity index (χ1) is 12.6. The number of hydrogen-bond acceptors (Lipinski definition) is 5. The van der Waals surface area contributed by atoms with E-state index < -0.39 is 5.97 Å². The van der Waals surface area contributed by atoms with Crippen molar-refractivity contribution in [3.63, 3.8) is 0 Å². The molecule has 2 aromatic rings. The van der Waals surface area contributed by atoms with Gasteiger partial charge >= 0.3 is 5.97 Å². The Morgan fingerprint density at radius 1 is 1.27 bits per heavy atom. The van der Waals surface area contributed by atoms with Crippen LogP contribution in [0.4, 0.5) is 5.69 Å². The summed E-state index contributed by atoms with van der Waals surface area (Å²) in [6, 6.07) is 9.17. The maximum absolute atomic E-state index is 12.6. The fraction of sp³-hybridized carbons (Fsp3) is 0.368. The standard InChI is InChI=1S/C19H20ClNO4S/c1-2-25-19(23)17-15(21-18(22)13-7-9-24-10-8-13)11-16(26-17)12-3-5-14(20)6-4-12/h3-6,11,13H,2,7-10H2,1H3,(H,21,22). The van der Waals surface area contributed by atoms with Gasteiger partial charge in [-0.2, -0.15) is 0 Å². The summed E-state index contributed by atoms with van der Waals surface area (Å²) < 4.78 is 10.4. The summed E-state index contributed by atoms with van der Waals surface area (Å²) >= 11 is 7.24. The molecule has 2 heterocycles. The molecule has 1 aromatic carbocycles. The van der Waals surface area contributed by atoms with E-state index in [1.165, 1.54) is 11.3 Å². The number of amides is 1. The van der Waals surface area contributed by atoms with Crippen LogP contribution in [0.5, 0.6) is 0 Å². The van der Waals surface area contributed by atoms with E-state index in [1.807, 2.05) is 18.2 Å². The zero-order valence-electron chi connectivity index (χ0n) is 14.4. The fourth-order valence-corrected chi connectivity index (χ4v) is 3.92. The predicted molar refractivity (Wildman–Crippen MR) is 103 cm³/mol. The van der Waals surface area contributed by atoms with Gasteiger partial charge in [0, 0.05) is 29.0 Å². The quantitative estimate of drug-likeness (QED) is 0.753. The lowest BCUT2D eigenvalue weighted by atomic mass is 9.99. The molecule has 1 N–H and O–H groups in total. The van der Waals surface area contributed by atoms with E-state index in [-0.39, 0.29) is 18.4 Å². The number of carbonyl (C=O) groups is 2. The van der Waals surface area contributed by atoms with Crippen molar-refractivity contribution in [2.24, 2.45) is 5.92 Å². The van der Waals surface area contributed by atoms with Crippen LogP contribution in [-0.4, -0.2) is 31.7 Å². The number of benzene rings is 1. The lowest BCUT2D eigenvalue weighted by Gasteiger charge is -2.21. The van der Waals surface area contributed by atoms with E-state index in [2.05, 4.69) is 5.32 Å². The molecular weight excluding hydrogens is 374 g/mol. The minimum absolute atomic E-state index is 0.0840. The van der Waals surface area contributed by atoms with Crippen LogP contribution >= 0.6 is 22.9 Å². The van der Waals surface area contributed by atoms with Crippen molar-refractivity contribution in [3.05, 3.63) is 40.2 Å². The molecule has 7 heteroatoms. The fourth-order valence-electron chi connectivity index (χ4n) is 2.78. The van der Waals surface area contributed by atoms with Crippen molar-refractivity contribution in [3.8, 4) is 10.4 Å². The van der Waals surface area contributed by atoms with E-state index in [0.717, 1.165) is 10.4 Å². The average Bonchev–Trinajstić information content (AvgIpc) is 3.07. The summed E-state index contributed by atoms with van der Waals surface area (Å²) in [5.74, 6) is -0.614. The number of thiophene rings is 1. The number of carbonyl (C=O) groups excluding carboxylic acids is 2. The van der Waals surface area contributed by atoms with Crippen LogP contribution < -0.4 is 5.32 Å². The van der Waals surface area contributed by atoms with Crippen molar-refractivity contribution in [1.82, 2.24) is 0 Å². The van der Waals surface area contributed by atoms with Gasteiger partial charge in [0.1, 0.15) is 4.88 Å². The highest BCUT2D eigenvalue weighted by molar-refractivity contribution is 7.18. The Balaban J connectivity index is 1.87. The van der Waals surface area contributed by atoms with E-state index in [9.17, 15) is 9.59 Å². The molecule has 1 saturated heterocycles. The zero-order chi connectivity index (χ0) is 18.5.